The summed E-state index contributed by atoms with van der Waals surface area (Å²) in [5.74, 6) is 0.548. The molecule has 1 atom stereocenters. The smallest absolute Gasteiger partial charge is 0.256 e. The van der Waals surface area contributed by atoms with Crippen molar-refractivity contribution in [1.82, 2.24) is 14.5 Å². The largest absolute Gasteiger partial charge is 0.372 e. The monoisotopic (exact) mass is 353 g/mol. The van der Waals surface area contributed by atoms with E-state index in [1.165, 1.54) is 11.1 Å². The molecule has 0 spiro atoms. The van der Waals surface area contributed by atoms with Crippen LogP contribution in [-0.2, 0) is 17.7 Å². The van der Waals surface area contributed by atoms with E-state index in [0.29, 0.717) is 5.92 Å². The normalized spacial score (nSPS) is 21.5. The van der Waals surface area contributed by atoms with E-state index in [2.05, 4.69) is 34.1 Å². The first-order valence-corrected chi connectivity index (χ1v) is 9.63. The zero-order valence-electron chi connectivity index (χ0n) is 15.4. The Morgan fingerprint density at radius 2 is 2.00 bits per heavy atom. The lowest BCUT2D eigenvalue weighted by Crippen LogP contribution is -2.39. The number of benzene rings is 1. The molecule has 0 aliphatic carbocycles. The van der Waals surface area contributed by atoms with Crippen molar-refractivity contribution in [2.24, 2.45) is 5.92 Å². The van der Waals surface area contributed by atoms with Gasteiger partial charge in [-0.25, -0.2) is 4.98 Å². The van der Waals surface area contributed by atoms with Gasteiger partial charge in [0.25, 0.3) is 5.56 Å². The van der Waals surface area contributed by atoms with Crippen LogP contribution < -0.4 is 5.56 Å². The summed E-state index contributed by atoms with van der Waals surface area (Å²) in [4.78, 5) is 18.9. The Bertz CT molecular complexity index is 809. The van der Waals surface area contributed by atoms with Crippen LogP contribution in [0.15, 0.2) is 41.6 Å². The maximum absolute atomic E-state index is 12.2. The molecule has 1 saturated heterocycles. The molecular weight excluding hydrogens is 326 g/mol. The van der Waals surface area contributed by atoms with E-state index in [9.17, 15) is 4.79 Å². The van der Waals surface area contributed by atoms with Gasteiger partial charge < -0.3 is 9.64 Å². The fourth-order valence-corrected chi connectivity index (χ4v) is 4.18. The fraction of sp³-hybridized carbons (Fsp3) is 0.524. The van der Waals surface area contributed by atoms with E-state index in [0.717, 1.165) is 57.6 Å². The van der Waals surface area contributed by atoms with Crippen molar-refractivity contribution in [3.63, 3.8) is 0 Å². The minimum Gasteiger partial charge on any atom is -0.372 e. The lowest BCUT2D eigenvalue weighted by atomic mass is 9.94. The van der Waals surface area contributed by atoms with E-state index < -0.39 is 0 Å². The maximum Gasteiger partial charge on any atom is 0.256 e. The third-order valence-electron chi connectivity index (χ3n) is 5.75. The van der Waals surface area contributed by atoms with Gasteiger partial charge in [0, 0.05) is 24.8 Å². The van der Waals surface area contributed by atoms with Gasteiger partial charge in [0.1, 0.15) is 0 Å². The number of rotatable bonds is 4. The molecule has 0 N–H and O–H groups in total. The van der Waals surface area contributed by atoms with E-state index in [-0.39, 0.29) is 11.7 Å². The summed E-state index contributed by atoms with van der Waals surface area (Å²) in [5, 5.41) is 0. The molecule has 138 valence electrons. The van der Waals surface area contributed by atoms with Crippen LogP contribution >= 0.6 is 0 Å². The summed E-state index contributed by atoms with van der Waals surface area (Å²) in [7, 11) is 0. The second-order valence-corrected chi connectivity index (χ2v) is 7.59. The SMILES string of the molecule is Cc1cncn(CC2CCN(CC3OCCc4ccccc43)CC2)c1=O. The molecule has 5 nitrogen and oxygen atoms in total. The standard InChI is InChI=1S/C21H27N3O2/c1-16-12-22-15-24(21(16)25)13-17-6-9-23(10-7-17)14-20-19-5-3-2-4-18(19)8-11-26-20/h2-5,12,15,17,20H,6-11,13-14H2,1H3. The molecule has 1 aromatic carbocycles. The van der Waals surface area contributed by atoms with E-state index in [1.54, 1.807) is 17.1 Å². The van der Waals surface area contributed by atoms with Gasteiger partial charge in [0.2, 0.25) is 0 Å². The number of aromatic nitrogens is 2. The number of ether oxygens (including phenoxy) is 1. The molecule has 26 heavy (non-hydrogen) atoms. The summed E-state index contributed by atoms with van der Waals surface area (Å²) in [5.41, 5.74) is 3.61. The molecular formula is C21H27N3O2. The molecule has 1 aromatic heterocycles. The van der Waals surface area contributed by atoms with Crippen LogP contribution in [0.1, 0.15) is 35.6 Å². The van der Waals surface area contributed by atoms with Crippen molar-refractivity contribution < 1.29 is 4.74 Å². The third-order valence-corrected chi connectivity index (χ3v) is 5.75. The van der Waals surface area contributed by atoms with Crippen molar-refractivity contribution >= 4 is 0 Å². The highest BCUT2D eigenvalue weighted by atomic mass is 16.5. The Labute approximate surface area is 154 Å². The fourth-order valence-electron chi connectivity index (χ4n) is 4.18. The number of aryl methyl sites for hydroxylation is 1. The van der Waals surface area contributed by atoms with Crippen LogP contribution in [-0.4, -0.2) is 40.7 Å². The molecule has 2 aromatic rings. The summed E-state index contributed by atoms with van der Waals surface area (Å²) in [6, 6.07) is 8.67. The van der Waals surface area contributed by atoms with Crippen LogP contribution in [0, 0.1) is 12.8 Å². The van der Waals surface area contributed by atoms with Gasteiger partial charge in [0.05, 0.1) is 19.0 Å². The third kappa shape index (κ3) is 3.74. The maximum atomic E-state index is 12.2. The Morgan fingerprint density at radius 3 is 2.85 bits per heavy atom. The van der Waals surface area contributed by atoms with E-state index >= 15 is 0 Å². The molecule has 4 rings (SSSR count). The van der Waals surface area contributed by atoms with Gasteiger partial charge in [-0.1, -0.05) is 24.3 Å². The predicted octanol–water partition coefficient (Wildman–Crippen LogP) is 2.58. The minimum absolute atomic E-state index is 0.0923. The zero-order valence-corrected chi connectivity index (χ0v) is 15.4. The first-order chi connectivity index (χ1) is 12.7. The highest BCUT2D eigenvalue weighted by Gasteiger charge is 2.26. The van der Waals surface area contributed by atoms with Crippen LogP contribution in [0.25, 0.3) is 0 Å². The summed E-state index contributed by atoms with van der Waals surface area (Å²) >= 11 is 0. The van der Waals surface area contributed by atoms with Crippen molar-refractivity contribution in [3.05, 3.63) is 63.8 Å². The molecule has 2 aliphatic rings. The number of fused-ring (bicyclic) bond motifs is 1. The quantitative estimate of drug-likeness (QED) is 0.848. The van der Waals surface area contributed by atoms with Crippen molar-refractivity contribution in [2.45, 2.75) is 38.8 Å². The average Bonchev–Trinajstić information content (AvgIpc) is 2.67. The lowest BCUT2D eigenvalue weighted by molar-refractivity contribution is 0.00795. The Kier molecular flexibility index (Phi) is 5.18. The summed E-state index contributed by atoms with van der Waals surface area (Å²) in [6.45, 7) is 6.54. The highest BCUT2D eigenvalue weighted by molar-refractivity contribution is 5.31. The van der Waals surface area contributed by atoms with Crippen molar-refractivity contribution in [1.29, 1.82) is 0 Å². The number of hydrogen-bond acceptors (Lipinski definition) is 4. The molecule has 1 fully saturated rings. The van der Waals surface area contributed by atoms with E-state index in [1.807, 2.05) is 6.92 Å². The second kappa shape index (κ2) is 7.72. The second-order valence-electron chi connectivity index (χ2n) is 7.59. The molecule has 0 saturated carbocycles. The Balaban J connectivity index is 1.33. The van der Waals surface area contributed by atoms with Gasteiger partial charge in [0.15, 0.2) is 0 Å². The number of piperidine rings is 1. The van der Waals surface area contributed by atoms with Crippen LogP contribution in [0.3, 0.4) is 0 Å². The molecule has 5 heteroatoms. The molecule has 3 heterocycles. The van der Waals surface area contributed by atoms with Gasteiger partial charge in [-0.15, -0.1) is 0 Å². The van der Waals surface area contributed by atoms with Gasteiger partial charge in [-0.2, -0.15) is 0 Å². The lowest BCUT2D eigenvalue weighted by Gasteiger charge is -2.36. The van der Waals surface area contributed by atoms with Crippen LogP contribution in [0.4, 0.5) is 0 Å². The van der Waals surface area contributed by atoms with Gasteiger partial charge in [-0.05, 0) is 56.3 Å². The summed E-state index contributed by atoms with van der Waals surface area (Å²) < 4.78 is 7.84. The minimum atomic E-state index is 0.0923. The zero-order chi connectivity index (χ0) is 17.9. The number of likely N-dealkylation sites (tertiary alicyclic amines) is 1. The van der Waals surface area contributed by atoms with Gasteiger partial charge >= 0.3 is 0 Å². The van der Waals surface area contributed by atoms with Crippen LogP contribution in [0.2, 0.25) is 0 Å². The molecule has 1 unspecified atom stereocenters. The average molecular weight is 353 g/mol. The number of hydrogen-bond donors (Lipinski definition) is 0. The molecule has 0 amide bonds. The number of nitrogens with zero attached hydrogens (tertiary/aromatic N) is 3. The highest BCUT2D eigenvalue weighted by Crippen LogP contribution is 2.29. The molecule has 2 aliphatic heterocycles. The first kappa shape index (κ1) is 17.4. The van der Waals surface area contributed by atoms with Gasteiger partial charge in [-0.3, -0.25) is 9.36 Å². The van der Waals surface area contributed by atoms with Crippen molar-refractivity contribution in [2.75, 3.05) is 26.2 Å². The molecule has 0 bridgehead atoms. The summed E-state index contributed by atoms with van der Waals surface area (Å²) in [6.07, 6.45) is 6.77. The predicted molar refractivity (Wildman–Crippen MR) is 101 cm³/mol. The Morgan fingerprint density at radius 1 is 1.19 bits per heavy atom. The first-order valence-electron chi connectivity index (χ1n) is 9.63. The molecule has 0 radical (unpaired) electrons. The Hall–Kier alpha value is -1.98. The van der Waals surface area contributed by atoms with Crippen molar-refractivity contribution in [3.8, 4) is 0 Å². The van der Waals surface area contributed by atoms with E-state index in [4.69, 9.17) is 4.74 Å². The topological polar surface area (TPSA) is 47.4 Å². The van der Waals surface area contributed by atoms with Crippen LogP contribution in [0.5, 0.6) is 0 Å².